The Kier molecular flexibility index (Phi) is 5.58. The van der Waals surface area contributed by atoms with E-state index in [1.807, 2.05) is 55.5 Å². The second-order valence-corrected chi connectivity index (χ2v) is 5.53. The smallest absolute Gasteiger partial charge is 0.319 e. The SMILES string of the molecule is Cc1cccc(CNC(=O)N/C=C/c2ccccc2Br)c1. The van der Waals surface area contributed by atoms with E-state index in [0.29, 0.717) is 6.54 Å². The quantitative estimate of drug-likeness (QED) is 0.856. The fraction of sp³-hybridized carbons (Fsp3) is 0.118. The molecule has 0 aromatic heterocycles. The minimum absolute atomic E-state index is 0.222. The summed E-state index contributed by atoms with van der Waals surface area (Å²) in [4.78, 5) is 11.7. The molecular formula is C17H17BrN2O. The van der Waals surface area contributed by atoms with Crippen LogP contribution in [0.1, 0.15) is 16.7 Å². The highest BCUT2D eigenvalue weighted by atomic mass is 79.9. The Labute approximate surface area is 133 Å². The topological polar surface area (TPSA) is 41.1 Å². The summed E-state index contributed by atoms with van der Waals surface area (Å²) in [5.74, 6) is 0. The van der Waals surface area contributed by atoms with Gasteiger partial charge in [-0.15, -0.1) is 0 Å². The molecule has 0 aliphatic heterocycles. The Hall–Kier alpha value is -2.07. The number of aryl methyl sites for hydroxylation is 1. The molecule has 0 aliphatic carbocycles. The van der Waals surface area contributed by atoms with Gasteiger partial charge in [-0.3, -0.25) is 0 Å². The first-order chi connectivity index (χ1) is 10.1. The van der Waals surface area contributed by atoms with Gasteiger partial charge in [0, 0.05) is 17.2 Å². The summed E-state index contributed by atoms with van der Waals surface area (Å²) in [6.07, 6.45) is 3.47. The molecule has 0 spiro atoms. The van der Waals surface area contributed by atoms with Crippen LogP contribution in [0.2, 0.25) is 0 Å². The predicted octanol–water partition coefficient (Wildman–Crippen LogP) is 4.23. The Morgan fingerprint density at radius 3 is 2.76 bits per heavy atom. The average Bonchev–Trinajstić information content (AvgIpc) is 2.47. The van der Waals surface area contributed by atoms with Crippen molar-refractivity contribution in [2.24, 2.45) is 0 Å². The zero-order valence-corrected chi connectivity index (χ0v) is 13.4. The lowest BCUT2D eigenvalue weighted by atomic mass is 10.1. The molecule has 2 rings (SSSR count). The van der Waals surface area contributed by atoms with E-state index in [1.165, 1.54) is 5.56 Å². The summed E-state index contributed by atoms with van der Waals surface area (Å²) in [6, 6.07) is 15.7. The normalized spacial score (nSPS) is 10.6. The second-order valence-electron chi connectivity index (χ2n) is 4.67. The molecule has 0 saturated heterocycles. The van der Waals surface area contributed by atoms with Gasteiger partial charge in [-0.2, -0.15) is 0 Å². The van der Waals surface area contributed by atoms with Crippen LogP contribution in [-0.2, 0) is 6.54 Å². The van der Waals surface area contributed by atoms with Crippen LogP contribution in [0.5, 0.6) is 0 Å². The zero-order valence-electron chi connectivity index (χ0n) is 11.8. The molecule has 21 heavy (non-hydrogen) atoms. The highest BCUT2D eigenvalue weighted by molar-refractivity contribution is 9.10. The lowest BCUT2D eigenvalue weighted by Gasteiger charge is -2.05. The van der Waals surface area contributed by atoms with Crippen LogP contribution in [0.4, 0.5) is 4.79 Å². The van der Waals surface area contributed by atoms with Crippen molar-refractivity contribution in [1.82, 2.24) is 10.6 Å². The van der Waals surface area contributed by atoms with Crippen molar-refractivity contribution < 1.29 is 4.79 Å². The highest BCUT2D eigenvalue weighted by Gasteiger charge is 1.98. The molecule has 3 nitrogen and oxygen atoms in total. The molecule has 0 fully saturated rings. The van der Waals surface area contributed by atoms with Crippen LogP contribution in [0.25, 0.3) is 6.08 Å². The molecule has 0 unspecified atom stereocenters. The number of carbonyl (C=O) groups is 1. The summed E-state index contributed by atoms with van der Waals surface area (Å²) in [5.41, 5.74) is 3.28. The van der Waals surface area contributed by atoms with Gasteiger partial charge in [0.15, 0.2) is 0 Å². The summed E-state index contributed by atoms with van der Waals surface area (Å²) in [7, 11) is 0. The average molecular weight is 345 g/mol. The third kappa shape index (κ3) is 5.08. The van der Waals surface area contributed by atoms with E-state index in [4.69, 9.17) is 0 Å². The maximum Gasteiger partial charge on any atom is 0.319 e. The van der Waals surface area contributed by atoms with Gasteiger partial charge in [0.2, 0.25) is 0 Å². The first-order valence-electron chi connectivity index (χ1n) is 6.66. The van der Waals surface area contributed by atoms with E-state index < -0.39 is 0 Å². The lowest BCUT2D eigenvalue weighted by molar-refractivity contribution is 0.244. The predicted molar refractivity (Wildman–Crippen MR) is 89.7 cm³/mol. The summed E-state index contributed by atoms with van der Waals surface area (Å²) in [6.45, 7) is 2.54. The van der Waals surface area contributed by atoms with Crippen molar-refractivity contribution in [1.29, 1.82) is 0 Å². The number of benzene rings is 2. The molecule has 0 saturated carbocycles. The van der Waals surface area contributed by atoms with Crippen molar-refractivity contribution >= 4 is 28.0 Å². The van der Waals surface area contributed by atoms with Gasteiger partial charge in [-0.1, -0.05) is 64.0 Å². The number of urea groups is 1. The standard InChI is InChI=1S/C17H17BrN2O/c1-13-5-4-6-14(11-13)12-20-17(21)19-10-9-15-7-2-3-8-16(15)18/h2-11H,12H2,1H3,(H2,19,20,21)/b10-9+. The second kappa shape index (κ2) is 7.64. The van der Waals surface area contributed by atoms with Crippen LogP contribution < -0.4 is 10.6 Å². The molecule has 2 aromatic rings. The van der Waals surface area contributed by atoms with E-state index in [1.54, 1.807) is 6.20 Å². The minimum atomic E-state index is -0.222. The molecule has 2 aromatic carbocycles. The van der Waals surface area contributed by atoms with Crippen molar-refractivity contribution in [3.63, 3.8) is 0 Å². The van der Waals surface area contributed by atoms with E-state index in [0.717, 1.165) is 15.6 Å². The van der Waals surface area contributed by atoms with Gasteiger partial charge in [-0.05, 0) is 30.2 Å². The molecular weight excluding hydrogens is 328 g/mol. The third-order valence-corrected chi connectivity index (χ3v) is 3.64. The van der Waals surface area contributed by atoms with Gasteiger partial charge in [-0.25, -0.2) is 4.79 Å². The Balaban J connectivity index is 1.81. The first kappa shape index (κ1) is 15.3. The number of hydrogen-bond donors (Lipinski definition) is 2. The molecule has 108 valence electrons. The Morgan fingerprint density at radius 2 is 2.00 bits per heavy atom. The van der Waals surface area contributed by atoms with Gasteiger partial charge >= 0.3 is 6.03 Å². The summed E-state index contributed by atoms with van der Waals surface area (Å²) < 4.78 is 0.989. The van der Waals surface area contributed by atoms with Gasteiger partial charge < -0.3 is 10.6 Å². The van der Waals surface area contributed by atoms with Crippen LogP contribution in [0, 0.1) is 6.92 Å². The zero-order chi connectivity index (χ0) is 15.1. The Bertz CT molecular complexity index is 653. The highest BCUT2D eigenvalue weighted by Crippen LogP contribution is 2.16. The van der Waals surface area contributed by atoms with Crippen LogP contribution in [0.3, 0.4) is 0 Å². The fourth-order valence-electron chi connectivity index (χ4n) is 1.87. The van der Waals surface area contributed by atoms with Crippen LogP contribution in [-0.4, -0.2) is 6.03 Å². The van der Waals surface area contributed by atoms with Gasteiger partial charge in [0.1, 0.15) is 0 Å². The summed E-state index contributed by atoms with van der Waals surface area (Å²) >= 11 is 3.45. The molecule has 0 bridgehead atoms. The van der Waals surface area contributed by atoms with E-state index in [-0.39, 0.29) is 6.03 Å². The van der Waals surface area contributed by atoms with Crippen LogP contribution in [0.15, 0.2) is 59.2 Å². The van der Waals surface area contributed by atoms with Crippen molar-refractivity contribution in [3.8, 4) is 0 Å². The van der Waals surface area contributed by atoms with Crippen LogP contribution >= 0.6 is 15.9 Å². The fourth-order valence-corrected chi connectivity index (χ4v) is 2.29. The van der Waals surface area contributed by atoms with E-state index >= 15 is 0 Å². The largest absolute Gasteiger partial charge is 0.334 e. The number of carbonyl (C=O) groups excluding carboxylic acids is 1. The number of nitrogens with one attached hydrogen (secondary N) is 2. The Morgan fingerprint density at radius 1 is 1.19 bits per heavy atom. The minimum Gasteiger partial charge on any atom is -0.334 e. The number of amides is 2. The lowest BCUT2D eigenvalue weighted by Crippen LogP contribution is -2.31. The van der Waals surface area contributed by atoms with Crippen molar-refractivity contribution in [3.05, 3.63) is 75.9 Å². The number of halogens is 1. The molecule has 2 N–H and O–H groups in total. The monoisotopic (exact) mass is 344 g/mol. The van der Waals surface area contributed by atoms with Gasteiger partial charge in [0.05, 0.1) is 0 Å². The molecule has 0 atom stereocenters. The van der Waals surface area contributed by atoms with Crippen molar-refractivity contribution in [2.45, 2.75) is 13.5 Å². The number of hydrogen-bond acceptors (Lipinski definition) is 1. The first-order valence-corrected chi connectivity index (χ1v) is 7.45. The molecule has 2 amide bonds. The molecule has 0 aliphatic rings. The van der Waals surface area contributed by atoms with Crippen molar-refractivity contribution in [2.75, 3.05) is 0 Å². The maximum atomic E-state index is 11.7. The maximum absolute atomic E-state index is 11.7. The van der Waals surface area contributed by atoms with E-state index in [2.05, 4.69) is 32.6 Å². The summed E-state index contributed by atoms with van der Waals surface area (Å²) in [5, 5.41) is 5.51. The number of rotatable bonds is 4. The third-order valence-electron chi connectivity index (χ3n) is 2.92. The molecule has 4 heteroatoms. The molecule has 0 radical (unpaired) electrons. The van der Waals surface area contributed by atoms with E-state index in [9.17, 15) is 4.79 Å². The van der Waals surface area contributed by atoms with Gasteiger partial charge in [0.25, 0.3) is 0 Å². The molecule has 0 heterocycles.